The molecule has 27 heavy (non-hydrogen) atoms. The van der Waals surface area contributed by atoms with E-state index in [4.69, 9.17) is 10.5 Å². The number of hydrogen-bond donors (Lipinski definition) is 3. The van der Waals surface area contributed by atoms with Crippen molar-refractivity contribution >= 4 is 23.6 Å². The van der Waals surface area contributed by atoms with E-state index in [0.29, 0.717) is 5.69 Å². The molecule has 1 atom stereocenters. The molecule has 0 unspecified atom stereocenters. The Balaban J connectivity index is 1.55. The molecule has 3 rings (SSSR count). The molecule has 0 aliphatic heterocycles. The number of carbonyl (C=O) groups is 3. The molecule has 0 heterocycles. The van der Waals surface area contributed by atoms with Crippen molar-refractivity contribution < 1.29 is 19.1 Å². The summed E-state index contributed by atoms with van der Waals surface area (Å²) >= 11 is 0. The van der Waals surface area contributed by atoms with Gasteiger partial charge in [-0.1, -0.05) is 30.3 Å². The first-order valence-electron chi connectivity index (χ1n) is 8.74. The van der Waals surface area contributed by atoms with Crippen LogP contribution in [-0.4, -0.2) is 24.5 Å². The van der Waals surface area contributed by atoms with Gasteiger partial charge in [0.25, 0.3) is 5.91 Å². The van der Waals surface area contributed by atoms with Crippen LogP contribution in [-0.2, 0) is 16.0 Å². The monoisotopic (exact) mass is 367 g/mol. The Labute approximate surface area is 156 Å². The zero-order chi connectivity index (χ0) is 19.2. The van der Waals surface area contributed by atoms with Gasteiger partial charge < -0.3 is 21.1 Å². The number of rotatable bonds is 5. The van der Waals surface area contributed by atoms with Gasteiger partial charge >= 0.3 is 12.0 Å². The summed E-state index contributed by atoms with van der Waals surface area (Å²) in [6.07, 6.45) is 2.87. The highest BCUT2D eigenvalue weighted by Gasteiger charge is 2.22. The van der Waals surface area contributed by atoms with E-state index >= 15 is 0 Å². The zero-order valence-corrected chi connectivity index (χ0v) is 14.7. The first-order chi connectivity index (χ1) is 13.0. The second kappa shape index (κ2) is 8.35. The van der Waals surface area contributed by atoms with E-state index in [0.717, 1.165) is 24.8 Å². The molecular weight excluding hydrogens is 346 g/mol. The third-order valence-electron chi connectivity index (χ3n) is 4.40. The number of fused-ring (bicyclic) bond motifs is 1. The number of aryl methyl sites for hydroxylation is 1. The van der Waals surface area contributed by atoms with Crippen molar-refractivity contribution in [1.29, 1.82) is 0 Å². The molecule has 3 amide bonds. The standard InChI is InChI=1S/C20H21N3O4/c21-20(26)22-15-8-3-7-14(11-15)19(25)27-12-18(24)23-17-10-4-6-13-5-1-2-9-16(13)17/h1-3,5,7-9,11,17H,4,6,10,12H2,(H,23,24)(H3,21,22,26)/t17-/m1/s1. The molecule has 1 aliphatic carbocycles. The average molecular weight is 367 g/mol. The number of amides is 3. The topological polar surface area (TPSA) is 111 Å². The minimum atomic E-state index is -0.729. The Bertz CT molecular complexity index is 866. The van der Waals surface area contributed by atoms with Crippen LogP contribution in [0.3, 0.4) is 0 Å². The second-order valence-corrected chi connectivity index (χ2v) is 6.36. The Kier molecular flexibility index (Phi) is 5.71. The summed E-state index contributed by atoms with van der Waals surface area (Å²) in [6, 6.07) is 13.4. The van der Waals surface area contributed by atoms with Crippen molar-refractivity contribution in [3.8, 4) is 0 Å². The zero-order valence-electron chi connectivity index (χ0n) is 14.7. The van der Waals surface area contributed by atoms with Crippen molar-refractivity contribution in [2.24, 2.45) is 5.73 Å². The van der Waals surface area contributed by atoms with Crippen LogP contribution in [0.1, 0.15) is 40.4 Å². The first kappa shape index (κ1) is 18.4. The maximum atomic E-state index is 12.2. The molecule has 7 nitrogen and oxygen atoms in total. The molecule has 0 aromatic heterocycles. The largest absolute Gasteiger partial charge is 0.452 e. The summed E-state index contributed by atoms with van der Waals surface area (Å²) < 4.78 is 5.08. The quantitative estimate of drug-likeness (QED) is 0.705. The Morgan fingerprint density at radius 1 is 1.11 bits per heavy atom. The molecule has 0 bridgehead atoms. The molecule has 0 fully saturated rings. The maximum Gasteiger partial charge on any atom is 0.338 e. The molecule has 0 radical (unpaired) electrons. The van der Waals surface area contributed by atoms with Gasteiger partial charge in [0.1, 0.15) is 0 Å². The Hall–Kier alpha value is -3.35. The van der Waals surface area contributed by atoms with Crippen molar-refractivity contribution in [3.63, 3.8) is 0 Å². The van der Waals surface area contributed by atoms with Gasteiger partial charge in [0.05, 0.1) is 11.6 Å². The number of esters is 1. The minimum Gasteiger partial charge on any atom is -0.452 e. The fourth-order valence-electron chi connectivity index (χ4n) is 3.22. The lowest BCUT2D eigenvalue weighted by molar-refractivity contribution is -0.125. The number of anilines is 1. The third kappa shape index (κ3) is 4.84. The Morgan fingerprint density at radius 3 is 2.74 bits per heavy atom. The minimum absolute atomic E-state index is 0.0655. The van der Waals surface area contributed by atoms with Crippen LogP contribution in [0.15, 0.2) is 48.5 Å². The van der Waals surface area contributed by atoms with Crippen LogP contribution in [0.2, 0.25) is 0 Å². The highest BCUT2D eigenvalue weighted by atomic mass is 16.5. The van der Waals surface area contributed by atoms with Gasteiger partial charge in [0.15, 0.2) is 6.61 Å². The summed E-state index contributed by atoms with van der Waals surface area (Å²) in [4.78, 5) is 35.2. The van der Waals surface area contributed by atoms with Crippen molar-refractivity contribution in [2.45, 2.75) is 25.3 Å². The summed E-state index contributed by atoms with van der Waals surface area (Å²) in [5.41, 5.74) is 8.01. The van der Waals surface area contributed by atoms with Gasteiger partial charge in [-0.3, -0.25) is 4.79 Å². The summed E-state index contributed by atoms with van der Waals surface area (Å²) in [5.74, 6) is -1.00. The van der Waals surface area contributed by atoms with Gasteiger partial charge in [0.2, 0.25) is 0 Å². The highest BCUT2D eigenvalue weighted by molar-refractivity contribution is 5.94. The number of benzene rings is 2. The lowest BCUT2D eigenvalue weighted by atomic mass is 9.88. The van der Waals surface area contributed by atoms with E-state index in [2.05, 4.69) is 16.7 Å². The molecule has 2 aromatic rings. The van der Waals surface area contributed by atoms with Crippen LogP contribution >= 0.6 is 0 Å². The highest BCUT2D eigenvalue weighted by Crippen LogP contribution is 2.29. The Morgan fingerprint density at radius 2 is 1.93 bits per heavy atom. The maximum absolute atomic E-state index is 12.2. The normalized spacial score (nSPS) is 15.3. The number of hydrogen-bond acceptors (Lipinski definition) is 4. The van der Waals surface area contributed by atoms with Gasteiger partial charge in [-0.15, -0.1) is 0 Å². The van der Waals surface area contributed by atoms with Gasteiger partial charge in [-0.25, -0.2) is 9.59 Å². The molecule has 140 valence electrons. The molecule has 4 N–H and O–H groups in total. The predicted molar refractivity (Wildman–Crippen MR) is 100 cm³/mol. The summed E-state index contributed by atoms with van der Waals surface area (Å²) in [5, 5.41) is 5.31. The SMILES string of the molecule is NC(=O)Nc1cccc(C(=O)OCC(=O)N[C@@H]2CCCc3ccccc32)c1. The molecule has 0 saturated heterocycles. The van der Waals surface area contributed by atoms with E-state index < -0.39 is 12.0 Å². The lowest BCUT2D eigenvalue weighted by Gasteiger charge is -2.26. The van der Waals surface area contributed by atoms with E-state index in [1.165, 1.54) is 17.7 Å². The molecule has 1 aliphatic rings. The second-order valence-electron chi connectivity index (χ2n) is 6.36. The first-order valence-corrected chi connectivity index (χ1v) is 8.74. The van der Waals surface area contributed by atoms with Crippen molar-refractivity contribution in [2.75, 3.05) is 11.9 Å². The smallest absolute Gasteiger partial charge is 0.338 e. The van der Waals surface area contributed by atoms with Crippen LogP contribution < -0.4 is 16.4 Å². The van der Waals surface area contributed by atoms with Crippen LogP contribution in [0.25, 0.3) is 0 Å². The van der Waals surface area contributed by atoms with Gasteiger partial charge in [-0.2, -0.15) is 0 Å². The molecule has 7 heteroatoms. The lowest BCUT2D eigenvalue weighted by Crippen LogP contribution is -2.34. The number of ether oxygens (including phenoxy) is 1. The van der Waals surface area contributed by atoms with E-state index in [1.54, 1.807) is 12.1 Å². The van der Waals surface area contributed by atoms with Crippen LogP contribution in [0.5, 0.6) is 0 Å². The molecule has 2 aromatic carbocycles. The number of nitrogens with two attached hydrogens (primary N) is 1. The number of nitrogens with one attached hydrogen (secondary N) is 2. The average Bonchev–Trinajstić information content (AvgIpc) is 2.66. The molecule has 0 spiro atoms. The third-order valence-corrected chi connectivity index (χ3v) is 4.40. The molecular formula is C20H21N3O4. The fourth-order valence-corrected chi connectivity index (χ4v) is 3.22. The van der Waals surface area contributed by atoms with Crippen molar-refractivity contribution in [1.82, 2.24) is 5.32 Å². The van der Waals surface area contributed by atoms with Gasteiger partial charge in [0, 0.05) is 5.69 Å². The van der Waals surface area contributed by atoms with Crippen molar-refractivity contribution in [3.05, 3.63) is 65.2 Å². The number of urea groups is 1. The van der Waals surface area contributed by atoms with Crippen LogP contribution in [0, 0.1) is 0 Å². The van der Waals surface area contributed by atoms with E-state index in [1.807, 2.05) is 18.2 Å². The van der Waals surface area contributed by atoms with Crippen LogP contribution in [0.4, 0.5) is 10.5 Å². The van der Waals surface area contributed by atoms with E-state index in [9.17, 15) is 14.4 Å². The number of primary amides is 1. The summed E-state index contributed by atoms with van der Waals surface area (Å²) in [7, 11) is 0. The molecule has 0 saturated carbocycles. The summed E-state index contributed by atoms with van der Waals surface area (Å²) in [6.45, 7) is -0.370. The van der Waals surface area contributed by atoms with Gasteiger partial charge in [-0.05, 0) is 48.6 Å². The fraction of sp³-hybridized carbons (Fsp3) is 0.250. The van der Waals surface area contributed by atoms with E-state index in [-0.39, 0.29) is 24.1 Å². The number of carbonyl (C=O) groups excluding carboxylic acids is 3. The predicted octanol–water partition coefficient (Wildman–Crippen LogP) is 2.53.